The van der Waals surface area contributed by atoms with Crippen LogP contribution in [0.1, 0.15) is 0 Å². The molecule has 0 aliphatic carbocycles. The van der Waals surface area contributed by atoms with Crippen molar-refractivity contribution in [2.24, 2.45) is 0 Å². The molecule has 0 amide bonds. The summed E-state index contributed by atoms with van der Waals surface area (Å²) in [7, 11) is -14.9. The summed E-state index contributed by atoms with van der Waals surface area (Å²) in [5.41, 5.74) is 7.35. The summed E-state index contributed by atoms with van der Waals surface area (Å²) in [5.74, 6) is 0. The minimum Gasteiger partial charge on any atom is -0.177 e. The highest BCUT2D eigenvalue weighted by molar-refractivity contribution is 7.39. The van der Waals surface area contributed by atoms with Crippen LogP contribution in [-0.4, -0.2) is 65.1 Å². The van der Waals surface area contributed by atoms with Crippen molar-refractivity contribution in [2.75, 3.05) is 0 Å². The highest BCUT2D eigenvalue weighted by Gasteiger charge is 2.57. The molecule has 0 saturated heterocycles. The minimum atomic E-state index is -2.21. The number of hydrogen-bond donors (Lipinski definition) is 0. The van der Waals surface area contributed by atoms with Crippen molar-refractivity contribution in [1.29, 1.82) is 0 Å². The van der Waals surface area contributed by atoms with Crippen LogP contribution in [0.5, 0.6) is 0 Å². The van der Waals surface area contributed by atoms with E-state index < -0.39 is 73.3 Å². The van der Waals surface area contributed by atoms with Gasteiger partial charge in [-0.05, 0) is 34.0 Å². The van der Waals surface area contributed by atoms with Crippen LogP contribution < -0.4 is 0 Å². The van der Waals surface area contributed by atoms with Gasteiger partial charge in [-0.1, -0.05) is 118 Å². The second-order valence-electron chi connectivity index (χ2n) is 19.2. The molecule has 0 rings (SSSR count). The van der Waals surface area contributed by atoms with E-state index >= 15 is 0 Å². The van der Waals surface area contributed by atoms with Gasteiger partial charge in [-0.3, -0.25) is 0 Å². The summed E-state index contributed by atoms with van der Waals surface area (Å²) in [5, 5.41) is 0. The quantitative estimate of drug-likeness (QED) is 0.122. The molecule has 3 nitrogen and oxygen atoms in total. The van der Waals surface area contributed by atoms with Gasteiger partial charge in [-0.25, -0.2) is 0 Å². The Kier molecular flexibility index (Phi) is 13.4. The lowest BCUT2D eigenvalue weighted by molar-refractivity contribution is 0.408. The molecule has 0 bridgehead atoms. The Morgan fingerprint density at radius 3 is 0.611 bits per heavy atom. The summed E-state index contributed by atoms with van der Waals surface area (Å²) in [6.45, 7) is 44.8. The van der Waals surface area contributed by atoms with Crippen LogP contribution >= 0.6 is 8.25 Å². The Bertz CT molecular complexity index is 579. The maximum atomic E-state index is 14.3. The molecule has 0 aromatic carbocycles. The third kappa shape index (κ3) is 18.9. The van der Waals surface area contributed by atoms with E-state index in [9.17, 15) is 4.57 Å². The minimum absolute atomic E-state index is 1.23. The molecule has 0 aliphatic heterocycles. The fourth-order valence-electron chi connectivity index (χ4n) is 6.70. The zero-order chi connectivity index (χ0) is 29.2. The second kappa shape index (κ2) is 12.7. The Morgan fingerprint density at radius 1 is 0.361 bits per heavy atom. The standard InChI is InChI=1S/C24H66O3PSi8/c1-29(2,3)19-35(20-30(4,5)6,21-31(7,8)9)26-28(25)27-36(22-32(10,11)12,23-33(13,14)15)24-34(16,17)18/h19-24H2,1-18H3/q+1. The predicted molar refractivity (Wildman–Crippen MR) is 190 cm³/mol. The summed E-state index contributed by atoms with van der Waals surface area (Å²) in [6.07, 6.45) is 0. The fourth-order valence-corrected chi connectivity index (χ4v) is 70.9. The van der Waals surface area contributed by atoms with Crippen molar-refractivity contribution in [3.05, 3.63) is 0 Å². The number of hydrogen-bond acceptors (Lipinski definition) is 3. The van der Waals surface area contributed by atoms with Gasteiger partial charge in [0.2, 0.25) is 0 Å². The van der Waals surface area contributed by atoms with Gasteiger partial charge in [0.15, 0.2) is 0 Å². The van der Waals surface area contributed by atoms with E-state index in [1.807, 2.05) is 0 Å². The molecule has 0 unspecified atom stereocenters. The molecule has 0 fully saturated rings. The molecule has 36 heavy (non-hydrogen) atoms. The van der Waals surface area contributed by atoms with Crippen molar-refractivity contribution in [3.8, 4) is 0 Å². The molecule has 12 heteroatoms. The zero-order valence-electron chi connectivity index (χ0n) is 27.9. The first-order chi connectivity index (χ1) is 15.3. The van der Waals surface area contributed by atoms with Crippen LogP contribution in [0.4, 0.5) is 0 Å². The first-order valence-electron chi connectivity index (χ1n) is 14.2. The van der Waals surface area contributed by atoms with Gasteiger partial charge >= 0.3 is 8.25 Å². The van der Waals surface area contributed by atoms with Crippen LogP contribution in [0.15, 0.2) is 0 Å². The van der Waals surface area contributed by atoms with Crippen molar-refractivity contribution in [2.45, 2.75) is 152 Å². The summed E-state index contributed by atoms with van der Waals surface area (Å²) in [4.78, 5) is 0. The van der Waals surface area contributed by atoms with E-state index in [4.69, 9.17) is 8.43 Å². The zero-order valence-corrected chi connectivity index (χ0v) is 36.8. The highest BCUT2D eigenvalue weighted by Crippen LogP contribution is 2.47. The monoisotopic (exact) mass is 657 g/mol. The molecule has 0 N–H and O–H groups in total. The Balaban J connectivity index is 6.64. The van der Waals surface area contributed by atoms with E-state index in [-0.39, 0.29) is 0 Å². The van der Waals surface area contributed by atoms with Gasteiger partial charge < -0.3 is 0 Å². The Morgan fingerprint density at radius 2 is 0.500 bits per heavy atom. The third-order valence-corrected chi connectivity index (χ3v) is 50.9. The Labute approximate surface area is 237 Å². The Hall–Kier alpha value is 1.76. The number of rotatable bonds is 16. The maximum absolute atomic E-state index is 14.3. The summed E-state index contributed by atoms with van der Waals surface area (Å²) >= 11 is 0. The second-order valence-corrected chi connectivity index (χ2v) is 65.0. The van der Waals surface area contributed by atoms with Crippen molar-refractivity contribution in [3.63, 3.8) is 0 Å². The van der Waals surface area contributed by atoms with Crippen molar-refractivity contribution in [1.82, 2.24) is 0 Å². The topological polar surface area (TPSA) is 35.5 Å². The van der Waals surface area contributed by atoms with Crippen LogP contribution in [0, 0.1) is 0 Å². The normalized spacial score (nSPS) is 15.4. The summed E-state index contributed by atoms with van der Waals surface area (Å²) in [6, 6.07) is 0. The van der Waals surface area contributed by atoms with Crippen LogP contribution in [0.25, 0.3) is 0 Å². The predicted octanol–water partition coefficient (Wildman–Crippen LogP) is 10.8. The van der Waals surface area contributed by atoms with Crippen LogP contribution in [0.3, 0.4) is 0 Å². The lowest BCUT2D eigenvalue weighted by Crippen LogP contribution is -2.55. The van der Waals surface area contributed by atoms with Gasteiger partial charge in [0, 0.05) is 53.0 Å². The van der Waals surface area contributed by atoms with Crippen LogP contribution in [-0.2, 0) is 13.0 Å². The maximum Gasteiger partial charge on any atom is 0.673 e. The van der Waals surface area contributed by atoms with Crippen molar-refractivity contribution >= 4 is 73.3 Å². The molecule has 0 saturated carbocycles. The van der Waals surface area contributed by atoms with Crippen molar-refractivity contribution < 1.29 is 13.0 Å². The highest BCUT2D eigenvalue weighted by atomic mass is 31.1. The smallest absolute Gasteiger partial charge is 0.177 e. The third-order valence-electron chi connectivity index (χ3n) is 5.65. The lowest BCUT2D eigenvalue weighted by atomic mass is 11.7. The van der Waals surface area contributed by atoms with Gasteiger partial charge in [0.25, 0.3) is 16.6 Å². The molecule has 0 atom stereocenters. The van der Waals surface area contributed by atoms with Gasteiger partial charge in [0.1, 0.15) is 0 Å². The van der Waals surface area contributed by atoms with E-state index in [2.05, 4.69) is 118 Å². The van der Waals surface area contributed by atoms with Gasteiger partial charge in [-0.2, -0.15) is 8.43 Å². The van der Waals surface area contributed by atoms with E-state index in [1.54, 1.807) is 0 Å². The molecule has 0 radical (unpaired) electrons. The van der Waals surface area contributed by atoms with Gasteiger partial charge in [0.05, 0.1) is 0 Å². The van der Waals surface area contributed by atoms with E-state index in [0.717, 1.165) is 0 Å². The molecular formula is C24H66O3PSi8+. The fraction of sp³-hybridized carbons (Fsp3) is 1.00. The lowest BCUT2D eigenvalue weighted by Gasteiger charge is -2.39. The average molecular weight is 658 g/mol. The summed E-state index contributed by atoms with van der Waals surface area (Å²) < 4.78 is 28.4. The molecule has 0 aromatic heterocycles. The molecule has 0 heterocycles. The average Bonchev–Trinajstić information content (AvgIpc) is 2.31. The largest absolute Gasteiger partial charge is 0.673 e. The SMILES string of the molecule is C[Si](C)(C)C[Si](C[Si](C)(C)C)(C[Si](C)(C)C)O[P+](=O)O[Si](C[Si](C)(C)C)(C[Si](C)(C)C)C[Si](C)(C)C. The molecular weight excluding hydrogens is 592 g/mol. The molecule has 0 aromatic rings. The molecule has 0 aliphatic rings. The van der Waals surface area contributed by atoms with E-state index in [1.165, 1.54) is 34.0 Å². The molecule has 0 spiro atoms. The van der Waals surface area contributed by atoms with Gasteiger partial charge in [-0.15, -0.1) is 0 Å². The first-order valence-corrected chi connectivity index (χ1v) is 42.6. The first kappa shape index (κ1) is 37.8. The van der Waals surface area contributed by atoms with E-state index in [0.29, 0.717) is 0 Å². The molecule has 216 valence electrons. The van der Waals surface area contributed by atoms with Crippen LogP contribution in [0.2, 0.25) is 152 Å².